The molecule has 1 heterocycles. The summed E-state index contributed by atoms with van der Waals surface area (Å²) in [7, 11) is 3.29. The lowest BCUT2D eigenvalue weighted by molar-refractivity contribution is -0.122. The predicted molar refractivity (Wildman–Crippen MR) is 78.8 cm³/mol. The fourth-order valence-electron chi connectivity index (χ4n) is 1.79. The number of pyridine rings is 1. The number of carbonyl (C=O) groups excluding carboxylic acids is 2. The molecule has 2 amide bonds. The summed E-state index contributed by atoms with van der Waals surface area (Å²) in [5.41, 5.74) is 1.36. The minimum Gasteiger partial charge on any atom is -0.373 e. The van der Waals surface area contributed by atoms with Crippen LogP contribution >= 0.6 is 0 Å². The first kappa shape index (κ1) is 15.9. The lowest BCUT2D eigenvalue weighted by Crippen LogP contribution is -2.43. The molecule has 1 aromatic heterocycles. The molecule has 20 heavy (non-hydrogen) atoms. The predicted octanol–water partition coefficient (Wildman–Crippen LogP) is 0.940. The zero-order valence-corrected chi connectivity index (χ0v) is 12.4. The van der Waals surface area contributed by atoms with Crippen molar-refractivity contribution in [1.82, 2.24) is 15.6 Å². The number of nitrogens with one attached hydrogen (secondary N) is 3. The Balaban J connectivity index is 2.91. The van der Waals surface area contributed by atoms with Crippen LogP contribution in [0.5, 0.6) is 0 Å². The van der Waals surface area contributed by atoms with Crippen LogP contribution in [0.25, 0.3) is 0 Å². The van der Waals surface area contributed by atoms with E-state index < -0.39 is 6.04 Å². The van der Waals surface area contributed by atoms with Crippen LogP contribution in [-0.2, 0) is 11.2 Å². The molecule has 0 saturated carbocycles. The van der Waals surface area contributed by atoms with Crippen molar-refractivity contribution >= 4 is 17.6 Å². The van der Waals surface area contributed by atoms with E-state index in [1.54, 1.807) is 26.1 Å². The second-order valence-corrected chi connectivity index (χ2v) is 4.54. The van der Waals surface area contributed by atoms with Crippen LogP contribution in [0.15, 0.2) is 12.1 Å². The highest BCUT2D eigenvalue weighted by molar-refractivity contribution is 5.98. The van der Waals surface area contributed by atoms with Crippen molar-refractivity contribution in [3.05, 3.63) is 23.4 Å². The van der Waals surface area contributed by atoms with Gasteiger partial charge in [-0.05, 0) is 25.5 Å². The fraction of sp³-hybridized carbons (Fsp3) is 0.500. The van der Waals surface area contributed by atoms with E-state index in [4.69, 9.17) is 0 Å². The first-order valence-electron chi connectivity index (χ1n) is 6.73. The van der Waals surface area contributed by atoms with Gasteiger partial charge in [0.2, 0.25) is 5.91 Å². The first-order chi connectivity index (χ1) is 9.51. The van der Waals surface area contributed by atoms with Crippen LogP contribution in [0.2, 0.25) is 0 Å². The van der Waals surface area contributed by atoms with E-state index >= 15 is 0 Å². The molecule has 6 nitrogen and oxygen atoms in total. The van der Waals surface area contributed by atoms with E-state index in [1.807, 2.05) is 0 Å². The zero-order chi connectivity index (χ0) is 15.1. The largest absolute Gasteiger partial charge is 0.373 e. The van der Waals surface area contributed by atoms with Crippen LogP contribution < -0.4 is 16.0 Å². The molecule has 0 spiro atoms. The number of anilines is 1. The summed E-state index contributed by atoms with van der Waals surface area (Å²) in [6, 6.07) is 2.86. The Hall–Kier alpha value is -2.11. The van der Waals surface area contributed by atoms with Crippen LogP contribution in [0, 0.1) is 0 Å². The van der Waals surface area contributed by atoms with Crippen LogP contribution in [-0.4, -0.2) is 36.9 Å². The summed E-state index contributed by atoms with van der Waals surface area (Å²) < 4.78 is 0. The molecule has 6 heteroatoms. The highest BCUT2D eigenvalue weighted by Gasteiger charge is 2.16. The number of aromatic nitrogens is 1. The Labute approximate surface area is 119 Å². The smallest absolute Gasteiger partial charge is 0.252 e. The molecule has 3 N–H and O–H groups in total. The Bertz CT molecular complexity index is 488. The van der Waals surface area contributed by atoms with E-state index in [1.165, 1.54) is 7.05 Å². The average Bonchev–Trinajstić information content (AvgIpc) is 2.46. The highest BCUT2D eigenvalue weighted by atomic mass is 16.2. The Kier molecular flexibility index (Phi) is 5.96. The molecule has 1 unspecified atom stereocenters. The highest BCUT2D eigenvalue weighted by Crippen LogP contribution is 2.12. The third kappa shape index (κ3) is 4.22. The molecule has 0 saturated heterocycles. The number of aryl methyl sites for hydroxylation is 1. The van der Waals surface area contributed by atoms with Gasteiger partial charge in [-0.3, -0.25) is 9.59 Å². The Morgan fingerprint density at radius 3 is 2.55 bits per heavy atom. The lowest BCUT2D eigenvalue weighted by atomic mass is 10.1. The first-order valence-corrected chi connectivity index (χ1v) is 6.73. The minimum atomic E-state index is -0.576. The molecule has 1 aromatic rings. The van der Waals surface area contributed by atoms with Crippen molar-refractivity contribution in [1.29, 1.82) is 0 Å². The van der Waals surface area contributed by atoms with E-state index in [9.17, 15) is 9.59 Å². The minimum absolute atomic E-state index is 0.227. The van der Waals surface area contributed by atoms with Gasteiger partial charge < -0.3 is 16.0 Å². The molecule has 0 aliphatic carbocycles. The molecule has 0 radical (unpaired) electrons. The van der Waals surface area contributed by atoms with Gasteiger partial charge in [0.15, 0.2) is 0 Å². The van der Waals surface area contributed by atoms with Gasteiger partial charge >= 0.3 is 0 Å². The second kappa shape index (κ2) is 7.47. The summed E-state index contributed by atoms with van der Waals surface area (Å²) in [5.74, 6) is 0.140. The maximum absolute atomic E-state index is 12.2. The Morgan fingerprint density at radius 1 is 1.30 bits per heavy atom. The zero-order valence-electron chi connectivity index (χ0n) is 12.4. The average molecular weight is 278 g/mol. The van der Waals surface area contributed by atoms with Gasteiger partial charge in [0, 0.05) is 25.4 Å². The maximum Gasteiger partial charge on any atom is 0.252 e. The monoisotopic (exact) mass is 278 g/mol. The molecule has 0 aliphatic heterocycles. The molecule has 110 valence electrons. The van der Waals surface area contributed by atoms with Crippen LogP contribution in [0.3, 0.4) is 0 Å². The molecule has 1 atom stereocenters. The number of carbonyl (C=O) groups is 2. The van der Waals surface area contributed by atoms with Crippen molar-refractivity contribution in [2.45, 2.75) is 32.7 Å². The van der Waals surface area contributed by atoms with E-state index in [2.05, 4.69) is 27.9 Å². The topological polar surface area (TPSA) is 83.1 Å². The van der Waals surface area contributed by atoms with Crippen molar-refractivity contribution in [3.63, 3.8) is 0 Å². The molecular weight excluding hydrogens is 256 g/mol. The van der Waals surface area contributed by atoms with Gasteiger partial charge in [-0.15, -0.1) is 0 Å². The van der Waals surface area contributed by atoms with Crippen molar-refractivity contribution in [3.8, 4) is 0 Å². The van der Waals surface area contributed by atoms with Crippen molar-refractivity contribution < 1.29 is 9.59 Å². The summed E-state index contributed by atoms with van der Waals surface area (Å²) in [6.45, 7) is 3.70. The van der Waals surface area contributed by atoms with E-state index in [0.717, 1.165) is 18.5 Å². The molecule has 0 bridgehead atoms. The van der Waals surface area contributed by atoms with E-state index in [-0.39, 0.29) is 11.8 Å². The summed E-state index contributed by atoms with van der Waals surface area (Å²) in [4.78, 5) is 28.0. The van der Waals surface area contributed by atoms with Gasteiger partial charge in [-0.1, -0.05) is 13.3 Å². The second-order valence-electron chi connectivity index (χ2n) is 4.54. The normalized spacial score (nSPS) is 11.6. The van der Waals surface area contributed by atoms with Gasteiger partial charge in [0.05, 0.1) is 0 Å². The molecule has 0 aliphatic rings. The van der Waals surface area contributed by atoms with Crippen LogP contribution in [0.1, 0.15) is 36.3 Å². The number of hydrogen-bond acceptors (Lipinski definition) is 4. The summed E-state index contributed by atoms with van der Waals surface area (Å²) >= 11 is 0. The Morgan fingerprint density at radius 2 is 2.00 bits per heavy atom. The molecule has 1 rings (SSSR count). The molecular formula is C14H22N4O2. The van der Waals surface area contributed by atoms with Crippen molar-refractivity contribution in [2.24, 2.45) is 0 Å². The number of nitrogens with zero attached hydrogens (tertiary/aromatic N) is 1. The van der Waals surface area contributed by atoms with Crippen molar-refractivity contribution in [2.75, 3.05) is 19.4 Å². The third-order valence-corrected chi connectivity index (χ3v) is 2.89. The van der Waals surface area contributed by atoms with Gasteiger partial charge in [-0.25, -0.2) is 4.98 Å². The fourth-order valence-corrected chi connectivity index (χ4v) is 1.79. The molecule has 0 aromatic carbocycles. The lowest BCUT2D eigenvalue weighted by Gasteiger charge is -2.13. The SMILES string of the molecule is CCCc1cc(C(=O)NC(C)C(=O)NC)cc(NC)n1. The van der Waals surface area contributed by atoms with Crippen LogP contribution in [0.4, 0.5) is 5.82 Å². The van der Waals surface area contributed by atoms with Gasteiger partial charge in [-0.2, -0.15) is 0 Å². The van der Waals surface area contributed by atoms with Gasteiger partial charge in [0.1, 0.15) is 11.9 Å². The maximum atomic E-state index is 12.2. The standard InChI is InChI=1S/C14H22N4O2/c1-5-6-11-7-10(8-12(15-3)18-11)14(20)17-9(2)13(19)16-4/h7-9H,5-6H2,1-4H3,(H,15,18)(H,16,19)(H,17,20). The number of likely N-dealkylation sites (N-methyl/N-ethyl adjacent to an activating group) is 1. The summed E-state index contributed by atoms with van der Waals surface area (Å²) in [6.07, 6.45) is 1.76. The number of amides is 2. The number of hydrogen-bond donors (Lipinski definition) is 3. The quantitative estimate of drug-likeness (QED) is 0.723. The van der Waals surface area contributed by atoms with E-state index in [0.29, 0.717) is 11.4 Å². The molecule has 0 fully saturated rings. The third-order valence-electron chi connectivity index (χ3n) is 2.89. The number of rotatable bonds is 6. The van der Waals surface area contributed by atoms with Gasteiger partial charge in [0.25, 0.3) is 5.91 Å². The summed E-state index contributed by atoms with van der Waals surface area (Å²) in [5, 5.41) is 8.10.